The van der Waals surface area contributed by atoms with Crippen LogP contribution in [0.5, 0.6) is 0 Å². The van der Waals surface area contributed by atoms with Gasteiger partial charge in [0.05, 0.1) is 5.69 Å². The van der Waals surface area contributed by atoms with Gasteiger partial charge in [0.1, 0.15) is 11.9 Å². The zero-order valence-electron chi connectivity index (χ0n) is 20.0. The summed E-state index contributed by atoms with van der Waals surface area (Å²) in [5.41, 5.74) is 1.03. The third-order valence-corrected chi connectivity index (χ3v) is 6.47. The largest absolute Gasteiger partial charge is 0.357 e. The number of likely N-dealkylation sites (N-methyl/N-ethyl adjacent to an activating group) is 2. The second-order valence-corrected chi connectivity index (χ2v) is 10.1. The first-order valence-electron chi connectivity index (χ1n) is 11.7. The molecule has 0 radical (unpaired) electrons. The van der Waals surface area contributed by atoms with E-state index in [0.29, 0.717) is 12.2 Å². The highest BCUT2D eigenvalue weighted by Crippen LogP contribution is 2.23. The van der Waals surface area contributed by atoms with Gasteiger partial charge < -0.3 is 20.1 Å². The minimum atomic E-state index is -0.619. The summed E-state index contributed by atoms with van der Waals surface area (Å²) in [6.07, 6.45) is 5.88. The molecule has 1 aromatic heterocycles. The lowest BCUT2D eigenvalue weighted by molar-refractivity contribution is -0.124. The Morgan fingerprint density at radius 2 is 1.81 bits per heavy atom. The van der Waals surface area contributed by atoms with Crippen LogP contribution < -0.4 is 10.6 Å². The van der Waals surface area contributed by atoms with Crippen molar-refractivity contribution < 1.29 is 9.59 Å². The second kappa shape index (κ2) is 10.1. The maximum absolute atomic E-state index is 13.2. The Bertz CT molecular complexity index is 776. The first kappa shape index (κ1) is 23.7. The van der Waals surface area contributed by atoms with E-state index < -0.39 is 11.5 Å². The van der Waals surface area contributed by atoms with Crippen molar-refractivity contribution in [2.75, 3.05) is 40.3 Å². The molecule has 1 aromatic rings. The number of aromatic nitrogens is 2. The number of aryl methyl sites for hydroxylation is 1. The van der Waals surface area contributed by atoms with Crippen molar-refractivity contribution in [2.45, 2.75) is 72.0 Å². The minimum absolute atomic E-state index is 0.187. The molecule has 3 heterocycles. The highest BCUT2D eigenvalue weighted by atomic mass is 16.2. The lowest BCUT2D eigenvalue weighted by Crippen LogP contribution is -2.53. The van der Waals surface area contributed by atoms with Gasteiger partial charge in [-0.15, -0.1) is 0 Å². The minimum Gasteiger partial charge on any atom is -0.357 e. The zero-order chi connectivity index (χ0) is 22.6. The molecule has 2 N–H and O–H groups in total. The summed E-state index contributed by atoms with van der Waals surface area (Å²) in [6.45, 7) is 11.8. The van der Waals surface area contributed by atoms with E-state index in [9.17, 15) is 9.59 Å². The van der Waals surface area contributed by atoms with Crippen LogP contribution in [0, 0.1) is 5.41 Å². The first-order chi connectivity index (χ1) is 14.7. The Labute approximate surface area is 186 Å². The number of nitrogens with zero attached hydrogens (tertiary/aromatic N) is 4. The summed E-state index contributed by atoms with van der Waals surface area (Å²) >= 11 is 0. The van der Waals surface area contributed by atoms with Gasteiger partial charge in [-0.3, -0.25) is 14.5 Å². The average Bonchev–Trinajstić information content (AvgIpc) is 3.09. The van der Waals surface area contributed by atoms with Crippen molar-refractivity contribution in [1.82, 2.24) is 30.0 Å². The fourth-order valence-electron chi connectivity index (χ4n) is 4.60. The molecule has 174 valence electrons. The molecule has 2 aliphatic heterocycles. The normalized spacial score (nSPS) is 19.0. The van der Waals surface area contributed by atoms with Gasteiger partial charge in [-0.1, -0.05) is 27.2 Å². The number of piperidine rings is 1. The van der Waals surface area contributed by atoms with Crippen LogP contribution in [-0.4, -0.2) is 77.5 Å². The molecule has 0 bridgehead atoms. The standard InChI is InChI=1S/C23H40N6O2/c1-23(2,3)20(22(31)24-4)26-21(30)19-17-16-27(5)14-15-29(17)18(25-19)10-9-13-28-11-7-6-8-12-28/h20H,6-16H2,1-5H3,(H,24,31)(H,26,30). The summed E-state index contributed by atoms with van der Waals surface area (Å²) in [5, 5.41) is 5.63. The fourth-order valence-corrected chi connectivity index (χ4v) is 4.60. The van der Waals surface area contributed by atoms with Crippen LogP contribution in [0.15, 0.2) is 0 Å². The van der Waals surface area contributed by atoms with Crippen LogP contribution in [0.1, 0.15) is 68.5 Å². The molecule has 1 unspecified atom stereocenters. The van der Waals surface area contributed by atoms with Gasteiger partial charge in [-0.05, 0) is 51.4 Å². The number of hydrogen-bond acceptors (Lipinski definition) is 5. The monoisotopic (exact) mass is 432 g/mol. The number of amides is 2. The van der Waals surface area contributed by atoms with E-state index in [2.05, 4.69) is 32.0 Å². The summed E-state index contributed by atoms with van der Waals surface area (Å²) in [4.78, 5) is 35.2. The quantitative estimate of drug-likeness (QED) is 0.685. The Kier molecular flexibility index (Phi) is 7.75. The van der Waals surface area contributed by atoms with Gasteiger partial charge in [0.15, 0.2) is 5.69 Å². The average molecular weight is 433 g/mol. The SMILES string of the molecule is CNC(=O)C(NC(=O)c1nc(CCCN2CCCCC2)n2c1CN(C)CC2)C(C)(C)C. The van der Waals surface area contributed by atoms with Crippen LogP contribution >= 0.6 is 0 Å². The van der Waals surface area contributed by atoms with E-state index in [1.807, 2.05) is 20.8 Å². The molecule has 0 aromatic carbocycles. The van der Waals surface area contributed by atoms with Gasteiger partial charge in [-0.2, -0.15) is 0 Å². The van der Waals surface area contributed by atoms with E-state index >= 15 is 0 Å². The fraction of sp³-hybridized carbons (Fsp3) is 0.783. The van der Waals surface area contributed by atoms with Crippen molar-refractivity contribution in [3.05, 3.63) is 17.2 Å². The smallest absolute Gasteiger partial charge is 0.272 e. The maximum Gasteiger partial charge on any atom is 0.272 e. The van der Waals surface area contributed by atoms with Gasteiger partial charge >= 0.3 is 0 Å². The molecule has 8 heteroatoms. The Morgan fingerprint density at radius 1 is 1.10 bits per heavy atom. The molecule has 0 aliphatic carbocycles. The van der Waals surface area contributed by atoms with Gasteiger partial charge in [0.2, 0.25) is 5.91 Å². The molecular weight excluding hydrogens is 392 g/mol. The Hall–Kier alpha value is -1.93. The molecule has 8 nitrogen and oxygen atoms in total. The molecule has 0 saturated carbocycles. The molecule has 31 heavy (non-hydrogen) atoms. The van der Waals surface area contributed by atoms with E-state index in [0.717, 1.165) is 44.0 Å². The number of hydrogen-bond donors (Lipinski definition) is 2. The molecular formula is C23H40N6O2. The summed E-state index contributed by atoms with van der Waals surface area (Å²) in [7, 11) is 3.66. The van der Waals surface area contributed by atoms with E-state index in [1.54, 1.807) is 7.05 Å². The first-order valence-corrected chi connectivity index (χ1v) is 11.7. The van der Waals surface area contributed by atoms with Crippen LogP contribution in [0.3, 0.4) is 0 Å². The molecule has 0 spiro atoms. The maximum atomic E-state index is 13.2. The highest BCUT2D eigenvalue weighted by molar-refractivity contribution is 5.97. The topological polar surface area (TPSA) is 82.5 Å². The number of nitrogens with one attached hydrogen (secondary N) is 2. The molecule has 2 aliphatic rings. The number of likely N-dealkylation sites (tertiary alicyclic amines) is 1. The molecule has 1 atom stereocenters. The van der Waals surface area contributed by atoms with Crippen molar-refractivity contribution in [3.63, 3.8) is 0 Å². The van der Waals surface area contributed by atoms with Gasteiger partial charge in [0, 0.05) is 33.1 Å². The second-order valence-electron chi connectivity index (χ2n) is 10.1. The van der Waals surface area contributed by atoms with Crippen molar-refractivity contribution >= 4 is 11.8 Å². The van der Waals surface area contributed by atoms with Crippen molar-refractivity contribution in [2.24, 2.45) is 5.41 Å². The van der Waals surface area contributed by atoms with Crippen molar-refractivity contribution in [3.8, 4) is 0 Å². The molecule has 1 saturated heterocycles. The summed E-state index contributed by atoms with van der Waals surface area (Å²) in [6, 6.07) is -0.619. The number of carbonyl (C=O) groups is 2. The van der Waals surface area contributed by atoms with Crippen LogP contribution in [0.4, 0.5) is 0 Å². The van der Waals surface area contributed by atoms with E-state index in [1.165, 1.54) is 32.4 Å². The number of carbonyl (C=O) groups excluding carboxylic acids is 2. The molecule has 1 fully saturated rings. The number of fused-ring (bicyclic) bond motifs is 1. The lowest BCUT2D eigenvalue weighted by atomic mass is 9.86. The van der Waals surface area contributed by atoms with Crippen LogP contribution in [0.25, 0.3) is 0 Å². The predicted molar refractivity (Wildman–Crippen MR) is 122 cm³/mol. The zero-order valence-corrected chi connectivity index (χ0v) is 20.0. The number of imidazole rings is 1. The van der Waals surface area contributed by atoms with Crippen molar-refractivity contribution in [1.29, 1.82) is 0 Å². The highest BCUT2D eigenvalue weighted by Gasteiger charge is 2.34. The third-order valence-electron chi connectivity index (χ3n) is 6.47. The van der Waals surface area contributed by atoms with Crippen LogP contribution in [0.2, 0.25) is 0 Å². The van der Waals surface area contributed by atoms with E-state index in [4.69, 9.17) is 4.98 Å². The summed E-state index contributed by atoms with van der Waals surface area (Å²) < 4.78 is 2.23. The Morgan fingerprint density at radius 3 is 2.45 bits per heavy atom. The van der Waals surface area contributed by atoms with Gasteiger partial charge in [-0.25, -0.2) is 4.98 Å². The van der Waals surface area contributed by atoms with Gasteiger partial charge in [0.25, 0.3) is 5.91 Å². The van der Waals surface area contributed by atoms with E-state index in [-0.39, 0.29) is 11.8 Å². The lowest BCUT2D eigenvalue weighted by Gasteiger charge is -2.30. The summed E-state index contributed by atoms with van der Waals surface area (Å²) in [5.74, 6) is 0.551. The number of rotatable bonds is 7. The molecule has 2 amide bonds. The van der Waals surface area contributed by atoms with Crippen LogP contribution in [-0.2, 0) is 24.3 Å². The molecule has 3 rings (SSSR count). The predicted octanol–water partition coefficient (Wildman–Crippen LogP) is 1.64. The third kappa shape index (κ3) is 5.86. The Balaban J connectivity index is 1.76.